The fourth-order valence-electron chi connectivity index (χ4n) is 1.89. The van der Waals surface area contributed by atoms with Crippen molar-refractivity contribution in [2.24, 2.45) is 0 Å². The first kappa shape index (κ1) is 13.1. The van der Waals surface area contributed by atoms with Crippen LogP contribution < -0.4 is 5.76 Å². The second-order valence-electron chi connectivity index (χ2n) is 4.18. The van der Waals surface area contributed by atoms with Crippen molar-refractivity contribution >= 4 is 44.4 Å². The molecule has 0 aliphatic carbocycles. The summed E-state index contributed by atoms with van der Waals surface area (Å²) in [6.45, 7) is 0. The number of carbonyl (C=O) groups excluding carboxylic acids is 1. The van der Waals surface area contributed by atoms with Gasteiger partial charge in [-0.2, -0.15) is 0 Å². The van der Waals surface area contributed by atoms with E-state index in [1.165, 1.54) is 6.07 Å². The average molecular weight is 353 g/mol. The smallest absolute Gasteiger partial charge is 0.408 e. The molecule has 3 aromatic rings. The van der Waals surface area contributed by atoms with E-state index in [1.54, 1.807) is 30.3 Å². The number of hydrogen-bond acceptors (Lipinski definition) is 3. The molecule has 0 aliphatic heterocycles. The predicted molar refractivity (Wildman–Crippen MR) is 79.4 cm³/mol. The first-order valence-corrected chi connectivity index (χ1v) is 6.84. The zero-order valence-electron chi connectivity index (χ0n) is 9.94. The van der Waals surface area contributed by atoms with Crippen LogP contribution in [-0.4, -0.2) is 10.8 Å². The van der Waals surface area contributed by atoms with Gasteiger partial charge in [0.15, 0.2) is 11.4 Å². The minimum Gasteiger partial charge on any atom is -0.408 e. The molecule has 0 saturated carbocycles. The number of benzene rings is 2. The number of nitrogens with one attached hydrogen (secondary N) is 1. The third-order valence-corrected chi connectivity index (χ3v) is 4.08. The molecule has 6 heteroatoms. The van der Waals surface area contributed by atoms with E-state index in [2.05, 4.69) is 20.9 Å². The number of ketones is 1. The molecule has 0 spiro atoms. The van der Waals surface area contributed by atoms with E-state index < -0.39 is 5.76 Å². The van der Waals surface area contributed by atoms with E-state index in [4.69, 9.17) is 16.0 Å². The van der Waals surface area contributed by atoms with Crippen LogP contribution in [-0.2, 0) is 0 Å². The van der Waals surface area contributed by atoms with Crippen LogP contribution in [0.25, 0.3) is 11.1 Å². The summed E-state index contributed by atoms with van der Waals surface area (Å²) in [4.78, 5) is 26.0. The number of aromatic amines is 1. The van der Waals surface area contributed by atoms with Crippen LogP contribution in [0, 0.1) is 0 Å². The van der Waals surface area contributed by atoms with E-state index >= 15 is 0 Å². The molecule has 20 heavy (non-hydrogen) atoms. The van der Waals surface area contributed by atoms with Gasteiger partial charge in [-0.1, -0.05) is 11.6 Å². The second-order valence-corrected chi connectivity index (χ2v) is 5.45. The first-order chi connectivity index (χ1) is 9.54. The highest BCUT2D eigenvalue weighted by Gasteiger charge is 2.12. The van der Waals surface area contributed by atoms with Crippen LogP contribution in [0.2, 0.25) is 5.02 Å². The molecule has 1 heterocycles. The third kappa shape index (κ3) is 2.30. The number of oxazole rings is 1. The van der Waals surface area contributed by atoms with Gasteiger partial charge in [0.05, 0.1) is 10.5 Å². The highest BCUT2D eigenvalue weighted by molar-refractivity contribution is 9.10. The SMILES string of the molecule is O=C(c1ccc(Cl)c(Br)c1)c1ccc2[nH]c(=O)oc2c1. The van der Waals surface area contributed by atoms with E-state index in [1.807, 2.05) is 0 Å². The van der Waals surface area contributed by atoms with E-state index in [0.717, 1.165) is 0 Å². The van der Waals surface area contributed by atoms with Crippen molar-refractivity contribution < 1.29 is 9.21 Å². The monoisotopic (exact) mass is 351 g/mol. The van der Waals surface area contributed by atoms with Gasteiger partial charge in [-0.05, 0) is 52.3 Å². The number of rotatable bonds is 2. The maximum atomic E-state index is 12.4. The molecular weight excluding hydrogens is 346 g/mol. The number of hydrogen-bond donors (Lipinski definition) is 1. The minimum absolute atomic E-state index is 0.173. The summed E-state index contributed by atoms with van der Waals surface area (Å²) in [5, 5.41) is 0.536. The van der Waals surface area contributed by atoms with Gasteiger partial charge in [-0.3, -0.25) is 9.78 Å². The lowest BCUT2D eigenvalue weighted by Crippen LogP contribution is -2.01. The van der Waals surface area contributed by atoms with Gasteiger partial charge < -0.3 is 4.42 Å². The molecule has 0 amide bonds. The number of H-pyrrole nitrogens is 1. The summed E-state index contributed by atoms with van der Waals surface area (Å²) in [5.41, 5.74) is 1.85. The van der Waals surface area contributed by atoms with Crippen molar-refractivity contribution in [1.82, 2.24) is 4.98 Å². The van der Waals surface area contributed by atoms with E-state index in [9.17, 15) is 9.59 Å². The molecule has 0 radical (unpaired) electrons. The Bertz CT molecular complexity index is 882. The van der Waals surface area contributed by atoms with E-state index in [0.29, 0.717) is 31.7 Å². The topological polar surface area (TPSA) is 63.1 Å². The Balaban J connectivity index is 2.07. The van der Waals surface area contributed by atoms with Crippen LogP contribution >= 0.6 is 27.5 Å². The molecule has 100 valence electrons. The maximum absolute atomic E-state index is 12.4. The van der Waals surface area contributed by atoms with Crippen LogP contribution in [0.15, 0.2) is 50.1 Å². The largest absolute Gasteiger partial charge is 0.417 e. The summed E-state index contributed by atoms with van der Waals surface area (Å²) in [7, 11) is 0. The highest BCUT2D eigenvalue weighted by atomic mass is 79.9. The normalized spacial score (nSPS) is 10.9. The molecule has 3 rings (SSSR count). The molecule has 0 saturated heterocycles. The Hall–Kier alpha value is -1.85. The Kier molecular flexibility index (Phi) is 3.23. The van der Waals surface area contributed by atoms with Crippen LogP contribution in [0.1, 0.15) is 15.9 Å². The lowest BCUT2D eigenvalue weighted by atomic mass is 10.0. The van der Waals surface area contributed by atoms with Crippen molar-refractivity contribution in [2.45, 2.75) is 0 Å². The molecule has 1 N–H and O–H groups in total. The van der Waals surface area contributed by atoms with Crippen molar-refractivity contribution in [1.29, 1.82) is 0 Å². The number of fused-ring (bicyclic) bond motifs is 1. The number of carbonyl (C=O) groups is 1. The summed E-state index contributed by atoms with van der Waals surface area (Å²) in [6, 6.07) is 9.76. The molecule has 4 nitrogen and oxygen atoms in total. The standard InChI is InChI=1S/C14H7BrClNO3/c15-9-5-7(1-3-10(9)16)13(18)8-2-4-11-12(6-8)20-14(19)17-11/h1-6H,(H,17,19). The minimum atomic E-state index is -0.543. The Morgan fingerprint density at radius 1 is 1.15 bits per heavy atom. The summed E-state index contributed by atoms with van der Waals surface area (Å²) in [5.74, 6) is -0.716. The zero-order valence-corrected chi connectivity index (χ0v) is 12.3. The molecule has 0 fully saturated rings. The average Bonchev–Trinajstić information content (AvgIpc) is 2.80. The van der Waals surface area contributed by atoms with Crippen LogP contribution in [0.3, 0.4) is 0 Å². The lowest BCUT2D eigenvalue weighted by molar-refractivity contribution is 0.103. The summed E-state index contributed by atoms with van der Waals surface area (Å²) < 4.78 is 5.60. The third-order valence-electron chi connectivity index (χ3n) is 2.86. The summed E-state index contributed by atoms with van der Waals surface area (Å²) >= 11 is 9.18. The van der Waals surface area contributed by atoms with Gasteiger partial charge in [0, 0.05) is 15.6 Å². The van der Waals surface area contributed by atoms with Crippen molar-refractivity contribution in [3.05, 3.63) is 67.6 Å². The summed E-state index contributed by atoms with van der Waals surface area (Å²) in [6.07, 6.45) is 0. The Morgan fingerprint density at radius 3 is 2.60 bits per heavy atom. The van der Waals surface area contributed by atoms with Crippen LogP contribution in [0.4, 0.5) is 0 Å². The number of halogens is 2. The Morgan fingerprint density at radius 2 is 1.85 bits per heavy atom. The van der Waals surface area contributed by atoms with Gasteiger partial charge in [-0.25, -0.2) is 4.79 Å². The van der Waals surface area contributed by atoms with E-state index in [-0.39, 0.29) is 5.78 Å². The fourth-order valence-corrected chi connectivity index (χ4v) is 2.39. The molecule has 1 aromatic heterocycles. The molecule has 0 aliphatic rings. The van der Waals surface area contributed by atoms with Gasteiger partial charge in [0.1, 0.15) is 0 Å². The molecule has 2 aromatic carbocycles. The molecule has 0 bridgehead atoms. The quantitative estimate of drug-likeness (QED) is 0.714. The molecule has 0 atom stereocenters. The van der Waals surface area contributed by atoms with Crippen molar-refractivity contribution in [3.63, 3.8) is 0 Å². The second kappa shape index (κ2) is 4.92. The molecular formula is C14H7BrClNO3. The maximum Gasteiger partial charge on any atom is 0.417 e. The van der Waals surface area contributed by atoms with Crippen LogP contribution in [0.5, 0.6) is 0 Å². The van der Waals surface area contributed by atoms with Crippen molar-refractivity contribution in [3.8, 4) is 0 Å². The molecule has 0 unspecified atom stereocenters. The zero-order chi connectivity index (χ0) is 14.3. The highest BCUT2D eigenvalue weighted by Crippen LogP contribution is 2.25. The number of aromatic nitrogens is 1. The first-order valence-electron chi connectivity index (χ1n) is 5.67. The lowest BCUT2D eigenvalue weighted by Gasteiger charge is -2.03. The predicted octanol–water partition coefficient (Wildman–Crippen LogP) is 3.77. The van der Waals surface area contributed by atoms with Gasteiger partial charge in [0.25, 0.3) is 0 Å². The van der Waals surface area contributed by atoms with Gasteiger partial charge in [-0.15, -0.1) is 0 Å². The van der Waals surface area contributed by atoms with Crippen molar-refractivity contribution in [2.75, 3.05) is 0 Å². The van der Waals surface area contributed by atoms with Gasteiger partial charge in [0.2, 0.25) is 0 Å². The van der Waals surface area contributed by atoms with Gasteiger partial charge >= 0.3 is 5.76 Å². The Labute approximate surface area is 126 Å². The fraction of sp³-hybridized carbons (Fsp3) is 0.